The van der Waals surface area contributed by atoms with Crippen LogP contribution in [-0.4, -0.2) is 74.5 Å². The highest BCUT2D eigenvalue weighted by Gasteiger charge is 2.31. The monoisotopic (exact) mass is 438 g/mol. The van der Waals surface area contributed by atoms with Crippen molar-refractivity contribution >= 4 is 21.9 Å². The number of benzene rings is 1. The lowest BCUT2D eigenvalue weighted by molar-refractivity contribution is -0.140. The van der Waals surface area contributed by atoms with Crippen molar-refractivity contribution in [2.75, 3.05) is 32.9 Å². The third kappa shape index (κ3) is 4.84. The summed E-state index contributed by atoms with van der Waals surface area (Å²) >= 11 is 0. The highest BCUT2D eigenvalue weighted by atomic mass is 32.2. The van der Waals surface area contributed by atoms with Crippen LogP contribution in [-0.2, 0) is 24.3 Å². The molecule has 0 saturated carbocycles. The van der Waals surface area contributed by atoms with Crippen LogP contribution in [0, 0.1) is 6.92 Å². The van der Waals surface area contributed by atoms with E-state index in [1.807, 2.05) is 13.8 Å². The molecule has 1 aromatic carbocycles. The standard InChI is InChI=1S/C21H30N2O6S/c1-15-7-8-18(13-19(15)30(26,27)22-9-11-28-12-10-22)21(25)29-14-20(24)23-16(2)5-4-6-17(23)3/h7-8,13,16-17H,4-6,9-12,14H2,1-3H3. The zero-order valence-corrected chi connectivity index (χ0v) is 18.6. The minimum absolute atomic E-state index is 0.0726. The van der Waals surface area contributed by atoms with Gasteiger partial charge in [0.25, 0.3) is 5.91 Å². The summed E-state index contributed by atoms with van der Waals surface area (Å²) < 4.78 is 37.8. The summed E-state index contributed by atoms with van der Waals surface area (Å²) in [6, 6.07) is 4.67. The van der Waals surface area contributed by atoms with Crippen LogP contribution < -0.4 is 0 Å². The average molecular weight is 439 g/mol. The Bertz CT molecular complexity index is 885. The molecule has 0 aliphatic carbocycles. The van der Waals surface area contributed by atoms with Crippen LogP contribution in [0.2, 0.25) is 0 Å². The maximum absolute atomic E-state index is 13.0. The number of likely N-dealkylation sites (tertiary alicyclic amines) is 1. The number of carbonyl (C=O) groups is 2. The molecule has 1 aromatic rings. The van der Waals surface area contributed by atoms with Gasteiger partial charge in [-0.15, -0.1) is 0 Å². The number of amides is 1. The Labute approximate surface area is 178 Å². The maximum Gasteiger partial charge on any atom is 0.338 e. The van der Waals surface area contributed by atoms with Gasteiger partial charge < -0.3 is 14.4 Å². The van der Waals surface area contributed by atoms with Crippen molar-refractivity contribution in [3.05, 3.63) is 29.3 Å². The lowest BCUT2D eigenvalue weighted by Crippen LogP contribution is -2.49. The van der Waals surface area contributed by atoms with E-state index in [0.717, 1.165) is 19.3 Å². The second kappa shape index (κ2) is 9.45. The molecule has 0 bridgehead atoms. The molecule has 2 aliphatic rings. The summed E-state index contributed by atoms with van der Waals surface area (Å²) in [6.45, 7) is 6.56. The van der Waals surface area contributed by atoms with E-state index in [2.05, 4.69) is 0 Å². The Kier molecular flexibility index (Phi) is 7.15. The summed E-state index contributed by atoms with van der Waals surface area (Å²) in [4.78, 5) is 27.0. The normalized spacial score (nSPS) is 23.2. The largest absolute Gasteiger partial charge is 0.452 e. The van der Waals surface area contributed by atoms with Gasteiger partial charge in [-0.05, 0) is 57.7 Å². The number of carbonyl (C=O) groups excluding carboxylic acids is 2. The lowest BCUT2D eigenvalue weighted by Gasteiger charge is -2.38. The molecule has 2 unspecified atom stereocenters. The van der Waals surface area contributed by atoms with E-state index in [1.165, 1.54) is 16.4 Å². The zero-order chi connectivity index (χ0) is 21.9. The van der Waals surface area contributed by atoms with E-state index in [0.29, 0.717) is 18.8 Å². The van der Waals surface area contributed by atoms with Crippen LogP contribution in [0.3, 0.4) is 0 Å². The van der Waals surface area contributed by atoms with Gasteiger partial charge in [-0.1, -0.05) is 6.07 Å². The Morgan fingerprint density at radius 3 is 2.40 bits per heavy atom. The smallest absolute Gasteiger partial charge is 0.338 e. The van der Waals surface area contributed by atoms with Gasteiger partial charge in [-0.3, -0.25) is 4.79 Å². The van der Waals surface area contributed by atoms with E-state index < -0.39 is 16.0 Å². The van der Waals surface area contributed by atoms with Crippen LogP contribution in [0.4, 0.5) is 0 Å². The second-order valence-corrected chi connectivity index (χ2v) is 9.91. The molecule has 0 spiro atoms. The predicted molar refractivity (Wildman–Crippen MR) is 111 cm³/mol. The summed E-state index contributed by atoms with van der Waals surface area (Å²) in [7, 11) is -3.74. The SMILES string of the molecule is Cc1ccc(C(=O)OCC(=O)N2C(C)CCCC2C)cc1S(=O)(=O)N1CCOCC1. The van der Waals surface area contributed by atoms with Crippen LogP contribution >= 0.6 is 0 Å². The first-order valence-electron chi connectivity index (χ1n) is 10.4. The van der Waals surface area contributed by atoms with Gasteiger partial charge in [-0.25, -0.2) is 13.2 Å². The zero-order valence-electron chi connectivity index (χ0n) is 17.8. The number of hydrogen-bond donors (Lipinski definition) is 0. The lowest BCUT2D eigenvalue weighted by atomic mass is 9.97. The number of hydrogen-bond acceptors (Lipinski definition) is 6. The first-order valence-corrected chi connectivity index (χ1v) is 11.8. The molecule has 0 aromatic heterocycles. The maximum atomic E-state index is 13.0. The molecule has 0 radical (unpaired) electrons. The van der Waals surface area contributed by atoms with Gasteiger partial charge in [0, 0.05) is 25.2 Å². The molecule has 30 heavy (non-hydrogen) atoms. The highest BCUT2D eigenvalue weighted by Crippen LogP contribution is 2.24. The van der Waals surface area contributed by atoms with Crippen molar-refractivity contribution in [3.8, 4) is 0 Å². The van der Waals surface area contributed by atoms with Gasteiger partial charge in [0.2, 0.25) is 10.0 Å². The molecular weight excluding hydrogens is 408 g/mol. The van der Waals surface area contributed by atoms with Gasteiger partial charge in [0.1, 0.15) is 0 Å². The fourth-order valence-corrected chi connectivity index (χ4v) is 5.79. The van der Waals surface area contributed by atoms with E-state index in [4.69, 9.17) is 9.47 Å². The number of esters is 1. The van der Waals surface area contributed by atoms with Crippen molar-refractivity contribution < 1.29 is 27.5 Å². The summed E-state index contributed by atoms with van der Waals surface area (Å²) in [6.07, 6.45) is 2.95. The fourth-order valence-electron chi connectivity index (χ4n) is 4.13. The Morgan fingerprint density at radius 2 is 1.77 bits per heavy atom. The van der Waals surface area contributed by atoms with Crippen LogP contribution in [0.25, 0.3) is 0 Å². The molecule has 1 amide bonds. The minimum Gasteiger partial charge on any atom is -0.452 e. The number of morpholine rings is 1. The van der Waals surface area contributed by atoms with Crippen LogP contribution in [0.15, 0.2) is 23.1 Å². The number of nitrogens with zero attached hydrogens (tertiary/aromatic N) is 2. The van der Waals surface area contributed by atoms with E-state index >= 15 is 0 Å². The van der Waals surface area contributed by atoms with Crippen molar-refractivity contribution in [2.45, 2.75) is 57.0 Å². The Hall–Kier alpha value is -1.97. The Balaban J connectivity index is 1.71. The average Bonchev–Trinajstić information content (AvgIpc) is 2.72. The van der Waals surface area contributed by atoms with Crippen molar-refractivity contribution in [1.29, 1.82) is 0 Å². The number of piperidine rings is 1. The number of ether oxygens (including phenoxy) is 2. The molecule has 0 N–H and O–H groups in total. The molecular formula is C21H30N2O6S. The van der Waals surface area contributed by atoms with Crippen LogP contribution in [0.5, 0.6) is 0 Å². The topological polar surface area (TPSA) is 93.2 Å². The molecule has 3 rings (SSSR count). The summed E-state index contributed by atoms with van der Waals surface area (Å²) in [5.41, 5.74) is 0.657. The molecule has 2 aliphatic heterocycles. The number of sulfonamides is 1. The first-order chi connectivity index (χ1) is 14.2. The predicted octanol–water partition coefficient (Wildman–Crippen LogP) is 1.96. The second-order valence-electron chi connectivity index (χ2n) is 8.00. The fraction of sp³-hybridized carbons (Fsp3) is 0.619. The third-order valence-electron chi connectivity index (χ3n) is 5.82. The van der Waals surface area contributed by atoms with Gasteiger partial charge in [0.05, 0.1) is 23.7 Å². The summed E-state index contributed by atoms with van der Waals surface area (Å²) in [5.74, 6) is -0.935. The highest BCUT2D eigenvalue weighted by molar-refractivity contribution is 7.89. The van der Waals surface area contributed by atoms with E-state index in [-0.39, 0.29) is 48.1 Å². The van der Waals surface area contributed by atoms with E-state index in [9.17, 15) is 18.0 Å². The molecule has 166 valence electrons. The quantitative estimate of drug-likeness (QED) is 0.653. The molecule has 9 heteroatoms. The third-order valence-corrected chi connectivity index (χ3v) is 7.86. The molecule has 2 heterocycles. The molecule has 2 fully saturated rings. The molecule has 2 saturated heterocycles. The van der Waals surface area contributed by atoms with Crippen LogP contribution in [0.1, 0.15) is 49.0 Å². The van der Waals surface area contributed by atoms with E-state index in [1.54, 1.807) is 17.9 Å². The van der Waals surface area contributed by atoms with Gasteiger partial charge in [-0.2, -0.15) is 4.31 Å². The summed E-state index contributed by atoms with van der Waals surface area (Å²) in [5, 5.41) is 0. The van der Waals surface area contributed by atoms with Gasteiger partial charge >= 0.3 is 5.97 Å². The number of aryl methyl sites for hydroxylation is 1. The van der Waals surface area contributed by atoms with Crippen molar-refractivity contribution in [2.24, 2.45) is 0 Å². The van der Waals surface area contributed by atoms with Gasteiger partial charge in [0.15, 0.2) is 6.61 Å². The minimum atomic E-state index is -3.74. The molecule has 8 nitrogen and oxygen atoms in total. The van der Waals surface area contributed by atoms with Crippen molar-refractivity contribution in [1.82, 2.24) is 9.21 Å². The number of rotatable bonds is 5. The first kappa shape index (κ1) is 22.7. The molecule has 2 atom stereocenters. The Morgan fingerprint density at radius 1 is 1.13 bits per heavy atom. The van der Waals surface area contributed by atoms with Crippen molar-refractivity contribution in [3.63, 3.8) is 0 Å².